The fraction of sp³-hybridized carbons (Fsp3) is 0.154. The van der Waals surface area contributed by atoms with Gasteiger partial charge in [-0.3, -0.25) is 9.67 Å². The Morgan fingerprint density at radius 3 is 2.70 bits per heavy atom. The van der Waals surface area contributed by atoms with Crippen LogP contribution in [-0.2, 0) is 6.54 Å². The van der Waals surface area contributed by atoms with Gasteiger partial charge in [-0.25, -0.2) is 9.97 Å². The highest BCUT2D eigenvalue weighted by Gasteiger charge is 2.30. The van der Waals surface area contributed by atoms with Gasteiger partial charge in [-0.05, 0) is 0 Å². The lowest BCUT2D eigenvalue weighted by molar-refractivity contribution is -0.141. The molecule has 0 aliphatic rings. The molecule has 0 unspecified atom stereocenters. The monoisotopic (exact) mass is 319 g/mol. The lowest BCUT2D eigenvalue weighted by Gasteiger charge is -2.07. The Morgan fingerprint density at radius 2 is 2.04 bits per heavy atom. The third-order valence-electron chi connectivity index (χ3n) is 2.89. The molecule has 10 heteroatoms. The molecule has 3 rings (SSSR count). The zero-order valence-electron chi connectivity index (χ0n) is 11.4. The van der Waals surface area contributed by atoms with Gasteiger partial charge in [0.25, 0.3) is 0 Å². The summed E-state index contributed by atoms with van der Waals surface area (Å²) in [5.74, 6) is 0.483. The molecule has 0 saturated heterocycles. The Labute approximate surface area is 127 Å². The summed E-state index contributed by atoms with van der Waals surface area (Å²) in [6, 6.07) is 3.05. The van der Waals surface area contributed by atoms with E-state index in [1.54, 1.807) is 6.07 Å². The Bertz CT molecular complexity index is 880. The van der Waals surface area contributed by atoms with Crippen LogP contribution in [0.3, 0.4) is 0 Å². The summed E-state index contributed by atoms with van der Waals surface area (Å²) >= 11 is 0. The van der Waals surface area contributed by atoms with Crippen LogP contribution in [0, 0.1) is 11.3 Å². The van der Waals surface area contributed by atoms with Gasteiger partial charge >= 0.3 is 6.18 Å². The van der Waals surface area contributed by atoms with Crippen LogP contribution in [0.5, 0.6) is 0 Å². The minimum Gasteiger partial charge on any atom is -0.322 e. The van der Waals surface area contributed by atoms with Gasteiger partial charge in [-0.1, -0.05) is 0 Å². The molecule has 0 aliphatic carbocycles. The van der Waals surface area contributed by atoms with Gasteiger partial charge in [0, 0.05) is 24.7 Å². The average molecular weight is 319 g/mol. The van der Waals surface area contributed by atoms with Crippen LogP contribution in [0.15, 0.2) is 30.9 Å². The quantitative estimate of drug-likeness (QED) is 0.797. The van der Waals surface area contributed by atoms with E-state index < -0.39 is 12.7 Å². The SMILES string of the molecule is N#Cc1cc2c(cn1)c(Nc1cnccn1)nn2CC(F)(F)F. The molecule has 0 radical (unpaired) electrons. The Hall–Kier alpha value is -3.22. The standard InChI is InChI=1S/C13H8F3N7/c14-13(15,16)7-23-10-3-8(4-17)20-5-9(10)12(22-23)21-11-6-18-1-2-19-11/h1-3,5-6H,7H2,(H,19,21,22). The maximum Gasteiger partial charge on any atom is 0.408 e. The van der Waals surface area contributed by atoms with Gasteiger partial charge in [-0.2, -0.15) is 23.5 Å². The molecular formula is C13H8F3N7. The van der Waals surface area contributed by atoms with Crippen LogP contribution >= 0.6 is 0 Å². The van der Waals surface area contributed by atoms with Gasteiger partial charge in [-0.15, -0.1) is 0 Å². The van der Waals surface area contributed by atoms with E-state index >= 15 is 0 Å². The lowest BCUT2D eigenvalue weighted by Crippen LogP contribution is -2.18. The maximum atomic E-state index is 12.7. The molecule has 3 aromatic rings. The number of aromatic nitrogens is 5. The van der Waals surface area contributed by atoms with Crippen molar-refractivity contribution in [3.63, 3.8) is 0 Å². The number of rotatable bonds is 3. The van der Waals surface area contributed by atoms with Crippen LogP contribution < -0.4 is 5.32 Å². The Balaban J connectivity index is 2.09. The highest BCUT2D eigenvalue weighted by atomic mass is 19.4. The Morgan fingerprint density at radius 1 is 1.22 bits per heavy atom. The summed E-state index contributed by atoms with van der Waals surface area (Å²) in [7, 11) is 0. The van der Waals surface area contributed by atoms with Crippen molar-refractivity contribution in [2.75, 3.05) is 5.32 Å². The molecule has 0 aromatic carbocycles. The first-order chi connectivity index (χ1) is 11.0. The molecule has 0 fully saturated rings. The molecule has 116 valence electrons. The second-order valence-electron chi connectivity index (χ2n) is 4.54. The summed E-state index contributed by atoms with van der Waals surface area (Å²) in [4.78, 5) is 11.7. The number of nitrogens with zero attached hydrogens (tertiary/aromatic N) is 6. The zero-order valence-corrected chi connectivity index (χ0v) is 11.4. The van der Waals surface area contributed by atoms with E-state index in [4.69, 9.17) is 5.26 Å². The molecule has 0 atom stereocenters. The number of anilines is 2. The largest absolute Gasteiger partial charge is 0.408 e. The predicted octanol–water partition coefficient (Wildman–Crippen LogP) is 2.40. The van der Waals surface area contributed by atoms with Crippen molar-refractivity contribution in [2.45, 2.75) is 12.7 Å². The van der Waals surface area contributed by atoms with E-state index in [0.29, 0.717) is 11.2 Å². The topological polar surface area (TPSA) is 92.3 Å². The molecule has 23 heavy (non-hydrogen) atoms. The van der Waals surface area contributed by atoms with E-state index in [1.807, 2.05) is 0 Å². The zero-order chi connectivity index (χ0) is 16.4. The number of fused-ring (bicyclic) bond motifs is 1. The maximum absolute atomic E-state index is 12.7. The molecule has 0 bridgehead atoms. The molecular weight excluding hydrogens is 311 g/mol. The van der Waals surface area contributed by atoms with Crippen LogP contribution in [0.1, 0.15) is 5.69 Å². The first kappa shape index (κ1) is 14.7. The van der Waals surface area contributed by atoms with E-state index in [1.165, 1.54) is 30.9 Å². The van der Waals surface area contributed by atoms with Crippen molar-refractivity contribution in [2.24, 2.45) is 0 Å². The molecule has 3 aromatic heterocycles. The lowest BCUT2D eigenvalue weighted by atomic mass is 10.2. The average Bonchev–Trinajstić information content (AvgIpc) is 2.83. The fourth-order valence-corrected chi connectivity index (χ4v) is 2.00. The third-order valence-corrected chi connectivity index (χ3v) is 2.89. The van der Waals surface area contributed by atoms with Crippen molar-refractivity contribution in [1.82, 2.24) is 24.7 Å². The Kier molecular flexibility index (Phi) is 3.53. The summed E-state index contributed by atoms with van der Waals surface area (Å²) in [6.45, 7) is -1.28. The molecule has 0 spiro atoms. The number of nitrogens with one attached hydrogen (secondary N) is 1. The number of hydrogen-bond donors (Lipinski definition) is 1. The first-order valence-corrected chi connectivity index (χ1v) is 6.33. The summed E-state index contributed by atoms with van der Waals surface area (Å²) in [5, 5.41) is 15.9. The molecule has 0 saturated carbocycles. The number of alkyl halides is 3. The number of nitriles is 1. The number of pyridine rings is 1. The van der Waals surface area contributed by atoms with E-state index in [2.05, 4.69) is 25.4 Å². The second-order valence-corrected chi connectivity index (χ2v) is 4.54. The number of halogens is 3. The molecule has 7 nitrogen and oxygen atoms in total. The highest BCUT2D eigenvalue weighted by Crippen LogP contribution is 2.27. The summed E-state index contributed by atoms with van der Waals surface area (Å²) in [5.41, 5.74) is 0.159. The van der Waals surface area contributed by atoms with E-state index in [-0.39, 0.29) is 17.0 Å². The predicted molar refractivity (Wildman–Crippen MR) is 73.6 cm³/mol. The van der Waals surface area contributed by atoms with Crippen molar-refractivity contribution in [3.8, 4) is 6.07 Å². The molecule has 0 amide bonds. The van der Waals surface area contributed by atoms with E-state index in [0.717, 1.165) is 4.68 Å². The molecule has 0 aliphatic heterocycles. The smallest absolute Gasteiger partial charge is 0.322 e. The van der Waals surface area contributed by atoms with Crippen LogP contribution in [0.2, 0.25) is 0 Å². The van der Waals surface area contributed by atoms with Crippen molar-refractivity contribution in [1.29, 1.82) is 5.26 Å². The van der Waals surface area contributed by atoms with Crippen LogP contribution in [0.4, 0.5) is 24.8 Å². The first-order valence-electron chi connectivity index (χ1n) is 6.33. The molecule has 1 N–H and O–H groups in total. The highest BCUT2D eigenvalue weighted by molar-refractivity contribution is 5.91. The normalized spacial score (nSPS) is 11.4. The summed E-state index contributed by atoms with van der Waals surface area (Å²) in [6.07, 6.45) is 1.16. The van der Waals surface area contributed by atoms with Gasteiger partial charge in [0.15, 0.2) is 5.82 Å². The van der Waals surface area contributed by atoms with E-state index in [9.17, 15) is 13.2 Å². The second kappa shape index (κ2) is 5.53. The minimum atomic E-state index is -4.45. The van der Waals surface area contributed by atoms with Crippen molar-refractivity contribution in [3.05, 3.63) is 36.5 Å². The summed E-state index contributed by atoms with van der Waals surface area (Å²) < 4.78 is 38.9. The van der Waals surface area contributed by atoms with Gasteiger partial charge in [0.1, 0.15) is 24.1 Å². The van der Waals surface area contributed by atoms with Gasteiger partial charge < -0.3 is 5.32 Å². The van der Waals surface area contributed by atoms with Crippen molar-refractivity contribution >= 4 is 22.5 Å². The number of hydrogen-bond acceptors (Lipinski definition) is 6. The van der Waals surface area contributed by atoms with Crippen LogP contribution in [0.25, 0.3) is 10.9 Å². The van der Waals surface area contributed by atoms with Crippen LogP contribution in [-0.4, -0.2) is 30.9 Å². The van der Waals surface area contributed by atoms with Gasteiger partial charge in [0.05, 0.1) is 17.1 Å². The third kappa shape index (κ3) is 3.18. The minimum absolute atomic E-state index is 0.00637. The molecule has 3 heterocycles. The van der Waals surface area contributed by atoms with Crippen molar-refractivity contribution < 1.29 is 13.2 Å². The van der Waals surface area contributed by atoms with Gasteiger partial charge in [0.2, 0.25) is 0 Å². The fourth-order valence-electron chi connectivity index (χ4n) is 2.00.